The second-order valence-electron chi connectivity index (χ2n) is 4.46. The van der Waals surface area contributed by atoms with E-state index in [2.05, 4.69) is 6.58 Å². The van der Waals surface area contributed by atoms with Gasteiger partial charge in [0.2, 0.25) is 0 Å². The van der Waals surface area contributed by atoms with Crippen molar-refractivity contribution in [2.45, 2.75) is 33.6 Å². The smallest absolute Gasteiger partial charge is 0.338 e. The average Bonchev–Trinajstić information content (AvgIpc) is 2.37. The molecule has 1 aromatic rings. The minimum atomic E-state index is -0.592. The minimum Gasteiger partial charge on any atom is -0.504 e. The third-order valence-electron chi connectivity index (χ3n) is 2.85. The molecule has 0 heterocycles. The first-order chi connectivity index (χ1) is 8.92. The molecule has 1 rings (SSSR count). The summed E-state index contributed by atoms with van der Waals surface area (Å²) >= 11 is 0. The monoisotopic (exact) mass is 262 g/mol. The van der Waals surface area contributed by atoms with Crippen molar-refractivity contribution in [2.75, 3.05) is 0 Å². The fourth-order valence-electron chi connectivity index (χ4n) is 1.79. The number of hydrogen-bond donors (Lipinski definition) is 1. The number of aldehydes is 1. The van der Waals surface area contributed by atoms with E-state index in [1.807, 2.05) is 6.92 Å². The fraction of sp³-hybridized carbons (Fsp3) is 0.333. The average molecular weight is 262 g/mol. The number of benzene rings is 1. The molecule has 0 bridgehead atoms. The van der Waals surface area contributed by atoms with Crippen LogP contribution in [-0.2, 0) is 11.2 Å². The van der Waals surface area contributed by atoms with Crippen molar-refractivity contribution in [2.24, 2.45) is 0 Å². The molecular weight excluding hydrogens is 244 g/mol. The molecule has 0 aromatic heterocycles. The zero-order valence-electron chi connectivity index (χ0n) is 11.4. The minimum absolute atomic E-state index is 0.123. The Hall–Kier alpha value is -2.10. The van der Waals surface area contributed by atoms with Crippen molar-refractivity contribution in [3.63, 3.8) is 0 Å². The normalized spacial score (nSPS) is 10.1. The van der Waals surface area contributed by atoms with Crippen LogP contribution in [0, 0.1) is 6.92 Å². The second kappa shape index (κ2) is 6.18. The van der Waals surface area contributed by atoms with E-state index in [0.29, 0.717) is 23.8 Å². The van der Waals surface area contributed by atoms with E-state index in [-0.39, 0.29) is 17.1 Å². The predicted molar refractivity (Wildman–Crippen MR) is 72.7 cm³/mol. The molecular formula is C15H18O4. The van der Waals surface area contributed by atoms with Gasteiger partial charge in [-0.1, -0.05) is 19.9 Å². The zero-order chi connectivity index (χ0) is 14.6. The summed E-state index contributed by atoms with van der Waals surface area (Å²) in [5.41, 5.74) is 2.05. The highest BCUT2D eigenvalue weighted by atomic mass is 16.5. The number of hydrogen-bond acceptors (Lipinski definition) is 4. The molecule has 1 N–H and O–H groups in total. The summed E-state index contributed by atoms with van der Waals surface area (Å²) in [6, 6.07) is 1.31. The molecule has 1 aromatic carbocycles. The van der Waals surface area contributed by atoms with Gasteiger partial charge in [0.15, 0.2) is 11.5 Å². The Kier molecular flexibility index (Phi) is 4.87. The maximum atomic E-state index is 11.6. The van der Waals surface area contributed by atoms with Gasteiger partial charge in [0, 0.05) is 16.7 Å². The first kappa shape index (κ1) is 15.0. The van der Waals surface area contributed by atoms with Crippen molar-refractivity contribution in [1.82, 2.24) is 0 Å². The second-order valence-corrected chi connectivity index (χ2v) is 4.46. The van der Waals surface area contributed by atoms with Crippen LogP contribution >= 0.6 is 0 Å². The lowest BCUT2D eigenvalue weighted by atomic mass is 9.97. The lowest BCUT2D eigenvalue weighted by Crippen LogP contribution is -2.11. The zero-order valence-corrected chi connectivity index (χ0v) is 11.4. The van der Waals surface area contributed by atoms with Crippen LogP contribution in [0.2, 0.25) is 0 Å². The Labute approximate surface area is 112 Å². The highest BCUT2D eigenvalue weighted by Gasteiger charge is 2.18. The van der Waals surface area contributed by atoms with Crippen molar-refractivity contribution in [1.29, 1.82) is 0 Å². The summed E-state index contributed by atoms with van der Waals surface area (Å²) in [4.78, 5) is 22.5. The number of phenolic OH excluding ortho intramolecular Hbond substituents is 1. The molecule has 0 aliphatic rings. The number of carbonyl (C=O) groups excluding carboxylic acids is 2. The Morgan fingerprint density at radius 1 is 1.53 bits per heavy atom. The SMILES string of the molecule is C=C(C)C(=O)Oc1c(O)cc(C=O)c(C)c1CCC. The van der Waals surface area contributed by atoms with Gasteiger partial charge in [-0.3, -0.25) is 4.79 Å². The maximum Gasteiger partial charge on any atom is 0.338 e. The Balaban J connectivity index is 3.36. The highest BCUT2D eigenvalue weighted by molar-refractivity contribution is 5.90. The standard InChI is InChI=1S/C15H18O4/c1-5-6-12-10(4)11(8-16)7-13(17)14(12)19-15(18)9(2)3/h7-8,17H,2,5-6H2,1,3-4H3. The Morgan fingerprint density at radius 2 is 2.16 bits per heavy atom. The first-order valence-corrected chi connectivity index (χ1v) is 6.10. The third kappa shape index (κ3) is 3.22. The van der Waals surface area contributed by atoms with Gasteiger partial charge < -0.3 is 9.84 Å². The van der Waals surface area contributed by atoms with Gasteiger partial charge in [0.1, 0.15) is 6.29 Å². The largest absolute Gasteiger partial charge is 0.504 e. The van der Waals surface area contributed by atoms with E-state index in [1.165, 1.54) is 13.0 Å². The Morgan fingerprint density at radius 3 is 2.63 bits per heavy atom. The van der Waals surface area contributed by atoms with Crippen LogP contribution in [0.25, 0.3) is 0 Å². The van der Waals surface area contributed by atoms with Crippen molar-refractivity contribution in [3.8, 4) is 11.5 Å². The lowest BCUT2D eigenvalue weighted by Gasteiger charge is -2.15. The van der Waals surface area contributed by atoms with Crippen LogP contribution in [0.3, 0.4) is 0 Å². The summed E-state index contributed by atoms with van der Waals surface area (Å²) in [5, 5.41) is 9.92. The molecule has 19 heavy (non-hydrogen) atoms. The third-order valence-corrected chi connectivity index (χ3v) is 2.85. The first-order valence-electron chi connectivity index (χ1n) is 6.10. The van der Waals surface area contributed by atoms with E-state index in [1.54, 1.807) is 6.92 Å². The topological polar surface area (TPSA) is 63.6 Å². The van der Waals surface area contributed by atoms with Gasteiger partial charge in [-0.25, -0.2) is 4.79 Å². The van der Waals surface area contributed by atoms with Crippen LogP contribution < -0.4 is 4.74 Å². The summed E-state index contributed by atoms with van der Waals surface area (Å²) in [7, 11) is 0. The van der Waals surface area contributed by atoms with Crippen LogP contribution in [-0.4, -0.2) is 17.4 Å². The molecule has 0 saturated heterocycles. The van der Waals surface area contributed by atoms with Crippen molar-refractivity contribution >= 4 is 12.3 Å². The number of rotatable bonds is 5. The van der Waals surface area contributed by atoms with Crippen molar-refractivity contribution in [3.05, 3.63) is 34.9 Å². The lowest BCUT2D eigenvalue weighted by molar-refractivity contribution is -0.130. The number of phenols is 1. The quantitative estimate of drug-likeness (QED) is 0.383. The van der Waals surface area contributed by atoms with Crippen molar-refractivity contribution < 1.29 is 19.4 Å². The van der Waals surface area contributed by atoms with Gasteiger partial charge in [-0.15, -0.1) is 0 Å². The fourth-order valence-corrected chi connectivity index (χ4v) is 1.79. The van der Waals surface area contributed by atoms with Crippen LogP contribution in [0.5, 0.6) is 11.5 Å². The van der Waals surface area contributed by atoms with Gasteiger partial charge in [0.25, 0.3) is 0 Å². The number of esters is 1. The number of ether oxygens (including phenoxy) is 1. The van der Waals surface area contributed by atoms with Gasteiger partial charge in [-0.05, 0) is 31.9 Å². The van der Waals surface area contributed by atoms with E-state index in [9.17, 15) is 14.7 Å². The van der Waals surface area contributed by atoms with Gasteiger partial charge in [0.05, 0.1) is 0 Å². The summed E-state index contributed by atoms with van der Waals surface area (Å²) < 4.78 is 5.17. The van der Waals surface area contributed by atoms with Gasteiger partial charge >= 0.3 is 5.97 Å². The molecule has 0 saturated carbocycles. The number of carbonyl (C=O) groups is 2. The molecule has 4 nitrogen and oxygen atoms in total. The van der Waals surface area contributed by atoms with Crippen LogP contribution in [0.1, 0.15) is 41.8 Å². The summed E-state index contributed by atoms with van der Waals surface area (Å²) in [6.07, 6.45) is 2.10. The molecule has 102 valence electrons. The molecule has 0 spiro atoms. The van der Waals surface area contributed by atoms with Crippen LogP contribution in [0.15, 0.2) is 18.2 Å². The molecule has 0 aliphatic heterocycles. The molecule has 0 unspecified atom stereocenters. The molecule has 0 fully saturated rings. The maximum absolute atomic E-state index is 11.6. The molecule has 0 amide bonds. The predicted octanol–water partition coefficient (Wildman–Crippen LogP) is 2.95. The van der Waals surface area contributed by atoms with E-state index < -0.39 is 5.97 Å². The van der Waals surface area contributed by atoms with E-state index >= 15 is 0 Å². The van der Waals surface area contributed by atoms with Gasteiger partial charge in [-0.2, -0.15) is 0 Å². The molecule has 0 atom stereocenters. The van der Waals surface area contributed by atoms with E-state index in [0.717, 1.165) is 12.0 Å². The summed E-state index contributed by atoms with van der Waals surface area (Å²) in [5.74, 6) is -0.672. The Bertz CT molecular complexity index is 529. The summed E-state index contributed by atoms with van der Waals surface area (Å²) in [6.45, 7) is 8.77. The van der Waals surface area contributed by atoms with E-state index in [4.69, 9.17) is 4.74 Å². The highest BCUT2D eigenvalue weighted by Crippen LogP contribution is 2.35. The molecule has 0 aliphatic carbocycles. The molecule has 4 heteroatoms. The molecule has 0 radical (unpaired) electrons. The van der Waals surface area contributed by atoms with Crippen LogP contribution in [0.4, 0.5) is 0 Å². The number of aromatic hydroxyl groups is 1.